The Morgan fingerprint density at radius 2 is 2.10 bits per heavy atom. The maximum absolute atomic E-state index is 4.72. The monoisotopic (exact) mass is 529 g/mol. The van der Waals surface area contributed by atoms with Gasteiger partial charge in [0, 0.05) is 45.8 Å². The Balaban J connectivity index is 0.00000320. The van der Waals surface area contributed by atoms with Crippen molar-refractivity contribution in [1.82, 2.24) is 35.3 Å². The number of fused-ring (bicyclic) bond motifs is 1. The van der Waals surface area contributed by atoms with Gasteiger partial charge in [0.05, 0.1) is 11.6 Å². The Morgan fingerprint density at radius 1 is 1.23 bits per heavy atom. The number of hydrogen-bond acceptors (Lipinski definition) is 6. The van der Waals surface area contributed by atoms with Crippen LogP contribution in [0.5, 0.6) is 0 Å². The molecule has 0 saturated carbocycles. The number of rotatable bonds is 9. The first-order chi connectivity index (χ1) is 14.2. The van der Waals surface area contributed by atoms with E-state index in [9.17, 15) is 0 Å². The summed E-state index contributed by atoms with van der Waals surface area (Å²) in [6.07, 6.45) is 8.49. The van der Waals surface area contributed by atoms with E-state index in [2.05, 4.69) is 49.8 Å². The largest absolute Gasteiger partial charge is 0.368 e. The van der Waals surface area contributed by atoms with Gasteiger partial charge in [0.1, 0.15) is 12.1 Å². The lowest BCUT2D eigenvalue weighted by atomic mass is 10.0. The number of hydrogen-bond donors (Lipinski definition) is 3. The van der Waals surface area contributed by atoms with Gasteiger partial charge in [0.15, 0.2) is 11.6 Å². The van der Waals surface area contributed by atoms with Crippen LogP contribution in [0.15, 0.2) is 17.5 Å². The van der Waals surface area contributed by atoms with E-state index >= 15 is 0 Å². The van der Waals surface area contributed by atoms with Crippen molar-refractivity contribution in [2.75, 3.05) is 44.6 Å². The molecule has 3 heterocycles. The highest BCUT2D eigenvalue weighted by Crippen LogP contribution is 2.17. The molecule has 0 aliphatic carbocycles. The van der Waals surface area contributed by atoms with Crippen LogP contribution in [-0.4, -0.2) is 75.9 Å². The van der Waals surface area contributed by atoms with Crippen LogP contribution in [0, 0.1) is 0 Å². The van der Waals surface area contributed by atoms with Crippen molar-refractivity contribution >= 4 is 46.8 Å². The topological polar surface area (TPSA) is 95.3 Å². The molecule has 0 spiro atoms. The Morgan fingerprint density at radius 3 is 2.90 bits per heavy atom. The number of nitrogens with zero attached hydrogens (tertiary/aromatic N) is 6. The average molecular weight is 529 g/mol. The third-order valence-electron chi connectivity index (χ3n) is 5.40. The van der Waals surface area contributed by atoms with Gasteiger partial charge in [-0.2, -0.15) is 5.10 Å². The quantitative estimate of drug-likeness (QED) is 0.199. The molecule has 0 radical (unpaired) electrons. The third kappa shape index (κ3) is 6.93. The molecular weight excluding hydrogens is 493 g/mol. The Kier molecular flexibility index (Phi) is 10.6. The summed E-state index contributed by atoms with van der Waals surface area (Å²) in [5, 5.41) is 15.2. The van der Waals surface area contributed by atoms with Gasteiger partial charge in [-0.25, -0.2) is 9.97 Å². The number of halogens is 1. The molecule has 1 aliphatic heterocycles. The maximum atomic E-state index is 4.72. The van der Waals surface area contributed by atoms with Crippen molar-refractivity contribution in [3.63, 3.8) is 0 Å². The van der Waals surface area contributed by atoms with Crippen LogP contribution in [-0.2, 0) is 7.05 Å². The van der Waals surface area contributed by atoms with E-state index in [1.54, 1.807) is 17.2 Å². The van der Waals surface area contributed by atoms with Gasteiger partial charge in [-0.15, -0.1) is 24.0 Å². The van der Waals surface area contributed by atoms with E-state index in [0.29, 0.717) is 0 Å². The molecule has 1 atom stereocenters. The van der Waals surface area contributed by atoms with Crippen molar-refractivity contribution in [3.8, 4) is 0 Å². The summed E-state index contributed by atoms with van der Waals surface area (Å²) in [6.45, 7) is 9.99. The molecule has 1 aliphatic rings. The van der Waals surface area contributed by atoms with Crippen molar-refractivity contribution in [1.29, 1.82) is 0 Å². The summed E-state index contributed by atoms with van der Waals surface area (Å²) in [6, 6.07) is 0.721. The van der Waals surface area contributed by atoms with Gasteiger partial charge in [-0.3, -0.25) is 9.67 Å². The van der Waals surface area contributed by atoms with Gasteiger partial charge in [-0.05, 0) is 39.7 Å². The van der Waals surface area contributed by atoms with E-state index in [0.717, 1.165) is 68.0 Å². The lowest BCUT2D eigenvalue weighted by molar-refractivity contribution is 0.160. The van der Waals surface area contributed by atoms with Crippen LogP contribution < -0.4 is 16.0 Å². The molecule has 1 fully saturated rings. The minimum absolute atomic E-state index is 0. The summed E-state index contributed by atoms with van der Waals surface area (Å²) in [5.74, 6) is 1.68. The highest BCUT2D eigenvalue weighted by Gasteiger charge is 2.17. The summed E-state index contributed by atoms with van der Waals surface area (Å²) in [5.41, 5.74) is 0.827. The molecule has 30 heavy (non-hydrogen) atoms. The standard InChI is InChI=1S/C20H35N9.HI/c1-4-21-20(23-9-7-13-29-12-6-5-8-16(29)2)24-11-10-22-18-17-14-27-28(3)19(17)26-15-25-18;/h14-16H,4-13H2,1-3H3,(H2,21,23,24)(H,22,25,26);1H. The lowest BCUT2D eigenvalue weighted by Crippen LogP contribution is -2.40. The van der Waals surface area contributed by atoms with Crippen LogP contribution >= 0.6 is 24.0 Å². The van der Waals surface area contributed by atoms with Gasteiger partial charge in [0.2, 0.25) is 0 Å². The van der Waals surface area contributed by atoms with Crippen LogP contribution in [0.2, 0.25) is 0 Å². The number of aryl methyl sites for hydroxylation is 1. The summed E-state index contributed by atoms with van der Waals surface area (Å²) in [4.78, 5) is 15.9. The normalized spacial score (nSPS) is 17.6. The molecular formula is C20H36IN9. The van der Waals surface area contributed by atoms with Crippen LogP contribution in [0.3, 0.4) is 0 Å². The zero-order valence-electron chi connectivity index (χ0n) is 18.4. The summed E-state index contributed by atoms with van der Waals surface area (Å²) in [7, 11) is 1.88. The Labute approximate surface area is 196 Å². The number of nitrogens with one attached hydrogen (secondary N) is 3. The van der Waals surface area contributed by atoms with E-state index in [1.165, 1.54) is 25.8 Å². The van der Waals surface area contributed by atoms with Crippen molar-refractivity contribution < 1.29 is 0 Å². The van der Waals surface area contributed by atoms with Gasteiger partial charge in [-0.1, -0.05) is 6.42 Å². The van der Waals surface area contributed by atoms with Crippen LogP contribution in [0.1, 0.15) is 39.5 Å². The second-order valence-corrected chi connectivity index (χ2v) is 7.58. The molecule has 9 nitrogen and oxygen atoms in total. The first-order valence-corrected chi connectivity index (χ1v) is 10.8. The molecule has 168 valence electrons. The summed E-state index contributed by atoms with van der Waals surface area (Å²) < 4.78 is 1.75. The first kappa shape index (κ1) is 24.6. The lowest BCUT2D eigenvalue weighted by Gasteiger charge is -2.33. The smallest absolute Gasteiger partial charge is 0.191 e. The zero-order chi connectivity index (χ0) is 20.5. The molecule has 3 N–H and O–H groups in total. The maximum Gasteiger partial charge on any atom is 0.191 e. The molecule has 1 saturated heterocycles. The molecule has 0 amide bonds. The van der Waals surface area contributed by atoms with E-state index in [-0.39, 0.29) is 24.0 Å². The third-order valence-corrected chi connectivity index (χ3v) is 5.40. The highest BCUT2D eigenvalue weighted by atomic mass is 127. The van der Waals surface area contributed by atoms with E-state index in [1.807, 2.05) is 7.05 Å². The number of guanidine groups is 1. The number of piperidine rings is 1. The average Bonchev–Trinajstić information content (AvgIpc) is 3.11. The van der Waals surface area contributed by atoms with Crippen LogP contribution in [0.4, 0.5) is 5.82 Å². The fraction of sp³-hybridized carbons (Fsp3) is 0.700. The van der Waals surface area contributed by atoms with Crippen molar-refractivity contribution in [2.24, 2.45) is 12.0 Å². The molecule has 0 aromatic carbocycles. The minimum Gasteiger partial charge on any atom is -0.368 e. The first-order valence-electron chi connectivity index (χ1n) is 10.8. The van der Waals surface area contributed by atoms with Gasteiger partial charge >= 0.3 is 0 Å². The second-order valence-electron chi connectivity index (χ2n) is 7.58. The van der Waals surface area contributed by atoms with E-state index < -0.39 is 0 Å². The SMILES string of the molecule is CCNC(=NCCCN1CCCCC1C)NCCNc1ncnc2c1cnn2C.I. The predicted molar refractivity (Wildman–Crippen MR) is 134 cm³/mol. The summed E-state index contributed by atoms with van der Waals surface area (Å²) >= 11 is 0. The zero-order valence-corrected chi connectivity index (χ0v) is 20.7. The molecule has 10 heteroatoms. The molecule has 0 bridgehead atoms. The number of aliphatic imine (C=N–C) groups is 1. The Hall–Kier alpha value is -1.69. The number of likely N-dealkylation sites (tertiary alicyclic amines) is 1. The fourth-order valence-electron chi connectivity index (χ4n) is 3.76. The van der Waals surface area contributed by atoms with Gasteiger partial charge < -0.3 is 20.9 Å². The molecule has 2 aromatic rings. The van der Waals surface area contributed by atoms with Crippen molar-refractivity contribution in [2.45, 2.75) is 45.6 Å². The van der Waals surface area contributed by atoms with Crippen LogP contribution in [0.25, 0.3) is 11.0 Å². The fourth-order valence-corrected chi connectivity index (χ4v) is 3.76. The molecule has 2 aromatic heterocycles. The minimum atomic E-state index is 0. The number of aromatic nitrogens is 4. The van der Waals surface area contributed by atoms with Gasteiger partial charge in [0.25, 0.3) is 0 Å². The Bertz CT molecular complexity index is 792. The highest BCUT2D eigenvalue weighted by molar-refractivity contribution is 14.0. The molecule has 1 unspecified atom stereocenters. The van der Waals surface area contributed by atoms with Crippen molar-refractivity contribution in [3.05, 3.63) is 12.5 Å². The number of anilines is 1. The second kappa shape index (κ2) is 12.9. The molecule has 3 rings (SSSR count). The predicted octanol–water partition coefficient (Wildman–Crippen LogP) is 2.21. The van der Waals surface area contributed by atoms with E-state index in [4.69, 9.17) is 4.99 Å².